The number of fused-ring (bicyclic) bond motifs is 1. The Balaban J connectivity index is 1.78. The van der Waals surface area contributed by atoms with E-state index in [1.807, 2.05) is 13.0 Å². The van der Waals surface area contributed by atoms with Crippen molar-refractivity contribution in [2.24, 2.45) is 0 Å². The van der Waals surface area contributed by atoms with Crippen molar-refractivity contribution in [1.82, 2.24) is 0 Å². The van der Waals surface area contributed by atoms with Gasteiger partial charge in [0.05, 0.1) is 17.7 Å². The predicted molar refractivity (Wildman–Crippen MR) is 123 cm³/mol. The van der Waals surface area contributed by atoms with Gasteiger partial charge in [0.1, 0.15) is 11.5 Å². The number of rotatable bonds is 6. The lowest BCUT2D eigenvalue weighted by Crippen LogP contribution is -2.23. The minimum absolute atomic E-state index is 0.0775. The second kappa shape index (κ2) is 8.69. The van der Waals surface area contributed by atoms with E-state index in [1.54, 1.807) is 41.8 Å². The molecule has 1 amide bonds. The van der Waals surface area contributed by atoms with Crippen LogP contribution in [0.5, 0.6) is 11.5 Å². The van der Waals surface area contributed by atoms with Crippen LogP contribution in [0, 0.1) is 19.3 Å². The van der Waals surface area contributed by atoms with Gasteiger partial charge in [-0.1, -0.05) is 29.7 Å². The summed E-state index contributed by atoms with van der Waals surface area (Å²) in [7, 11) is -2.25. The summed E-state index contributed by atoms with van der Waals surface area (Å²) in [5.41, 5.74) is 2.13. The molecule has 1 unspecified atom stereocenters. The predicted octanol–water partition coefficient (Wildman–Crippen LogP) is 4.38. The zero-order valence-electron chi connectivity index (χ0n) is 17.5. The van der Waals surface area contributed by atoms with Gasteiger partial charge in [-0.3, -0.25) is 4.79 Å². The molecule has 0 spiro atoms. The summed E-state index contributed by atoms with van der Waals surface area (Å²) in [6, 6.07) is 12.1. The molecule has 2 heterocycles. The van der Waals surface area contributed by atoms with Crippen molar-refractivity contribution >= 4 is 32.8 Å². The van der Waals surface area contributed by atoms with E-state index in [0.29, 0.717) is 17.2 Å². The van der Waals surface area contributed by atoms with Gasteiger partial charge >= 0.3 is 0 Å². The molecule has 0 saturated carbocycles. The summed E-state index contributed by atoms with van der Waals surface area (Å²) in [6.45, 7) is 1.97. The zero-order valence-corrected chi connectivity index (χ0v) is 19.2. The SMILES string of the molecule is C#CCOc1cc(C2CC(=O)Nc3c(S(=O)(=O)c4ccc(C)cc4)csc32)ccc1OC. The first-order valence-electron chi connectivity index (χ1n) is 9.82. The van der Waals surface area contributed by atoms with Crippen LogP contribution in [0.3, 0.4) is 0 Å². The van der Waals surface area contributed by atoms with Gasteiger partial charge in [-0.25, -0.2) is 8.42 Å². The third-order valence-electron chi connectivity index (χ3n) is 5.28. The van der Waals surface area contributed by atoms with E-state index in [9.17, 15) is 13.2 Å². The number of thiophene rings is 1. The molecule has 6 nitrogen and oxygen atoms in total. The van der Waals surface area contributed by atoms with Gasteiger partial charge in [0.25, 0.3) is 0 Å². The van der Waals surface area contributed by atoms with Crippen LogP contribution in [-0.4, -0.2) is 28.0 Å². The van der Waals surface area contributed by atoms with Crippen LogP contribution in [0.1, 0.15) is 28.3 Å². The van der Waals surface area contributed by atoms with Crippen LogP contribution in [0.15, 0.2) is 57.6 Å². The molecule has 0 aliphatic carbocycles. The quantitative estimate of drug-likeness (QED) is 0.544. The summed E-state index contributed by atoms with van der Waals surface area (Å²) in [5, 5.41) is 4.37. The van der Waals surface area contributed by atoms with E-state index in [4.69, 9.17) is 15.9 Å². The maximum atomic E-state index is 13.3. The Morgan fingerprint density at radius 3 is 2.62 bits per heavy atom. The summed E-state index contributed by atoms with van der Waals surface area (Å²) in [4.78, 5) is 13.6. The van der Waals surface area contributed by atoms with Crippen molar-refractivity contribution in [1.29, 1.82) is 0 Å². The van der Waals surface area contributed by atoms with Gasteiger partial charge in [0.2, 0.25) is 15.7 Å². The number of anilines is 1. The molecule has 1 aliphatic rings. The largest absolute Gasteiger partial charge is 0.493 e. The van der Waals surface area contributed by atoms with E-state index in [0.717, 1.165) is 16.0 Å². The highest BCUT2D eigenvalue weighted by Gasteiger charge is 2.34. The second-order valence-corrected chi connectivity index (χ2v) is 10.2. The smallest absolute Gasteiger partial charge is 0.225 e. The molecule has 164 valence electrons. The molecular weight excluding hydrogens is 446 g/mol. The van der Waals surface area contributed by atoms with Crippen molar-refractivity contribution in [2.75, 3.05) is 19.0 Å². The van der Waals surface area contributed by atoms with E-state index in [2.05, 4.69) is 11.2 Å². The minimum Gasteiger partial charge on any atom is -0.493 e. The fourth-order valence-corrected chi connectivity index (χ4v) is 6.57. The first-order valence-corrected chi connectivity index (χ1v) is 12.2. The van der Waals surface area contributed by atoms with Gasteiger partial charge in [-0.05, 0) is 36.8 Å². The molecule has 1 N–H and O–H groups in total. The second-order valence-electron chi connectivity index (χ2n) is 7.36. The van der Waals surface area contributed by atoms with Gasteiger partial charge in [-0.2, -0.15) is 0 Å². The molecule has 1 aromatic heterocycles. The number of nitrogens with one attached hydrogen (secondary N) is 1. The van der Waals surface area contributed by atoms with Crippen LogP contribution < -0.4 is 14.8 Å². The molecule has 8 heteroatoms. The van der Waals surface area contributed by atoms with E-state index < -0.39 is 9.84 Å². The van der Waals surface area contributed by atoms with Gasteiger partial charge < -0.3 is 14.8 Å². The minimum atomic E-state index is -3.78. The van der Waals surface area contributed by atoms with Gasteiger partial charge in [0.15, 0.2) is 11.5 Å². The number of hydrogen-bond donors (Lipinski definition) is 1. The number of amides is 1. The van der Waals surface area contributed by atoms with Crippen molar-refractivity contribution in [3.63, 3.8) is 0 Å². The maximum absolute atomic E-state index is 13.3. The summed E-state index contributed by atoms with van der Waals surface area (Å²) in [6.07, 6.45) is 5.50. The molecule has 0 bridgehead atoms. The molecule has 1 atom stereocenters. The fraction of sp³-hybridized carbons (Fsp3) is 0.208. The van der Waals surface area contributed by atoms with Crippen molar-refractivity contribution in [3.05, 3.63) is 63.8 Å². The Morgan fingerprint density at radius 1 is 1.19 bits per heavy atom. The Bertz CT molecular complexity index is 1320. The average Bonchev–Trinajstić information content (AvgIpc) is 3.21. The Hall–Kier alpha value is -3.28. The van der Waals surface area contributed by atoms with Gasteiger partial charge in [-0.15, -0.1) is 17.8 Å². The van der Waals surface area contributed by atoms with Crippen molar-refractivity contribution in [3.8, 4) is 23.8 Å². The molecule has 1 aliphatic heterocycles. The third-order valence-corrected chi connectivity index (χ3v) is 8.32. The Kier molecular flexibility index (Phi) is 5.96. The van der Waals surface area contributed by atoms with Crippen LogP contribution in [0.25, 0.3) is 0 Å². The van der Waals surface area contributed by atoms with Crippen LogP contribution in [-0.2, 0) is 14.6 Å². The molecule has 32 heavy (non-hydrogen) atoms. The third kappa shape index (κ3) is 3.97. The highest BCUT2D eigenvalue weighted by Crippen LogP contribution is 2.47. The molecule has 0 fully saturated rings. The first-order chi connectivity index (χ1) is 15.3. The number of carbonyl (C=O) groups excluding carboxylic acids is 1. The summed E-state index contributed by atoms with van der Waals surface area (Å²) < 4.78 is 37.5. The van der Waals surface area contributed by atoms with E-state index in [1.165, 1.54) is 18.4 Å². The monoisotopic (exact) mass is 467 g/mol. The fourth-order valence-electron chi connectivity index (χ4n) is 3.66. The maximum Gasteiger partial charge on any atom is 0.225 e. The molecule has 4 rings (SSSR count). The van der Waals surface area contributed by atoms with E-state index >= 15 is 0 Å². The number of hydrogen-bond acceptors (Lipinski definition) is 6. The van der Waals surface area contributed by atoms with E-state index in [-0.39, 0.29) is 34.6 Å². The normalized spacial score (nSPS) is 15.4. The number of methoxy groups -OCH3 is 1. The lowest BCUT2D eigenvalue weighted by atomic mass is 9.90. The number of carbonyl (C=O) groups is 1. The van der Waals surface area contributed by atoms with Crippen molar-refractivity contribution in [2.45, 2.75) is 29.1 Å². The number of aryl methyl sites for hydroxylation is 1. The molecule has 2 aromatic carbocycles. The molecular formula is C24H21NO5S2. The molecule has 0 radical (unpaired) electrons. The zero-order chi connectivity index (χ0) is 22.9. The highest BCUT2D eigenvalue weighted by molar-refractivity contribution is 7.91. The van der Waals surface area contributed by atoms with Gasteiger partial charge in [0, 0.05) is 22.6 Å². The molecule has 0 saturated heterocycles. The van der Waals surface area contributed by atoms with Crippen LogP contribution in [0.2, 0.25) is 0 Å². The summed E-state index contributed by atoms with van der Waals surface area (Å²) >= 11 is 1.32. The first kappa shape index (κ1) is 21.9. The number of terminal acetylenes is 1. The lowest BCUT2D eigenvalue weighted by Gasteiger charge is -2.24. The van der Waals surface area contributed by atoms with Crippen LogP contribution in [0.4, 0.5) is 5.69 Å². The Labute approximate surface area is 191 Å². The van der Waals surface area contributed by atoms with Crippen molar-refractivity contribution < 1.29 is 22.7 Å². The number of sulfone groups is 1. The highest BCUT2D eigenvalue weighted by atomic mass is 32.2. The van der Waals surface area contributed by atoms with Crippen LogP contribution >= 0.6 is 11.3 Å². The number of benzene rings is 2. The topological polar surface area (TPSA) is 81.7 Å². The summed E-state index contributed by atoms with van der Waals surface area (Å²) in [5.74, 6) is 2.86. The number of ether oxygens (including phenoxy) is 2. The average molecular weight is 468 g/mol. The molecule has 3 aromatic rings. The Morgan fingerprint density at radius 2 is 1.94 bits per heavy atom. The lowest BCUT2D eigenvalue weighted by molar-refractivity contribution is -0.116. The standard InChI is InChI=1S/C24H21NO5S2/c1-4-11-30-20-12-16(7-10-19(20)29-3)18-13-22(26)25-23-21(14-31-24(18)23)32(27,28)17-8-5-15(2)6-9-17/h1,5-10,12,14,18H,11,13H2,2-3H3,(H,25,26).